The summed E-state index contributed by atoms with van der Waals surface area (Å²) >= 11 is 0. The number of furan rings is 1. The summed E-state index contributed by atoms with van der Waals surface area (Å²) < 4.78 is 11.1. The molecule has 1 aromatic rings. The zero-order valence-electron chi connectivity index (χ0n) is 12.6. The molecular weight excluding hydrogens is 266 g/mol. The lowest BCUT2D eigenvalue weighted by Gasteiger charge is -2.30. The smallest absolute Gasteiger partial charge is 0.226 e. The number of nitrogens with zero attached hydrogens (tertiary/aromatic N) is 1. The van der Waals surface area contributed by atoms with E-state index in [9.17, 15) is 4.79 Å². The van der Waals surface area contributed by atoms with Gasteiger partial charge in [0.25, 0.3) is 0 Å². The maximum Gasteiger partial charge on any atom is 0.226 e. The molecule has 4 nitrogen and oxygen atoms in total. The molecule has 0 aromatic carbocycles. The number of hydrogen-bond donors (Lipinski definition) is 0. The third-order valence-electron chi connectivity index (χ3n) is 4.64. The first kappa shape index (κ1) is 14.6. The van der Waals surface area contributed by atoms with Crippen LogP contribution in [-0.2, 0) is 16.1 Å². The van der Waals surface area contributed by atoms with Crippen LogP contribution in [0.4, 0.5) is 0 Å². The minimum atomic E-state index is 0.201. The molecule has 0 unspecified atom stereocenters. The van der Waals surface area contributed by atoms with Crippen molar-refractivity contribution < 1.29 is 13.9 Å². The highest BCUT2D eigenvalue weighted by Gasteiger charge is 2.29. The van der Waals surface area contributed by atoms with Gasteiger partial charge in [0, 0.05) is 19.1 Å². The van der Waals surface area contributed by atoms with Gasteiger partial charge in [0.15, 0.2) is 0 Å². The lowest BCUT2D eigenvalue weighted by Crippen LogP contribution is -2.41. The van der Waals surface area contributed by atoms with Crippen molar-refractivity contribution in [3.63, 3.8) is 0 Å². The van der Waals surface area contributed by atoms with Crippen molar-refractivity contribution in [1.82, 2.24) is 4.90 Å². The Morgan fingerprint density at radius 2 is 2.05 bits per heavy atom. The molecule has 0 radical (unpaired) electrons. The Morgan fingerprint density at radius 3 is 2.71 bits per heavy atom. The van der Waals surface area contributed by atoms with Gasteiger partial charge < -0.3 is 14.1 Å². The quantitative estimate of drug-likeness (QED) is 0.835. The molecule has 1 saturated heterocycles. The van der Waals surface area contributed by atoms with Crippen LogP contribution in [0.15, 0.2) is 22.8 Å². The van der Waals surface area contributed by atoms with Crippen LogP contribution in [0.25, 0.3) is 0 Å². The van der Waals surface area contributed by atoms with Crippen molar-refractivity contribution in [1.29, 1.82) is 0 Å². The van der Waals surface area contributed by atoms with E-state index in [1.807, 2.05) is 17.0 Å². The summed E-state index contributed by atoms with van der Waals surface area (Å²) in [5.74, 6) is 1.36. The van der Waals surface area contributed by atoms with E-state index in [0.29, 0.717) is 19.0 Å². The number of ether oxygens (including phenoxy) is 1. The first-order valence-corrected chi connectivity index (χ1v) is 8.25. The van der Waals surface area contributed by atoms with Crippen LogP contribution in [0.5, 0.6) is 0 Å². The maximum atomic E-state index is 12.8. The van der Waals surface area contributed by atoms with Crippen molar-refractivity contribution in [3.8, 4) is 0 Å². The summed E-state index contributed by atoms with van der Waals surface area (Å²) in [6, 6.07) is 3.82. The molecule has 1 aliphatic carbocycles. The Kier molecular flexibility index (Phi) is 4.96. The molecular formula is C17H25NO3. The van der Waals surface area contributed by atoms with E-state index in [0.717, 1.165) is 38.1 Å². The van der Waals surface area contributed by atoms with Gasteiger partial charge in [-0.2, -0.15) is 0 Å². The number of carbonyl (C=O) groups excluding carboxylic acids is 1. The fourth-order valence-corrected chi connectivity index (χ4v) is 3.46. The van der Waals surface area contributed by atoms with Crippen LogP contribution in [0.3, 0.4) is 0 Å². The van der Waals surface area contributed by atoms with Gasteiger partial charge in [0.1, 0.15) is 5.76 Å². The molecule has 2 aliphatic rings. The first-order valence-electron chi connectivity index (χ1n) is 8.25. The van der Waals surface area contributed by atoms with E-state index >= 15 is 0 Å². The van der Waals surface area contributed by atoms with E-state index < -0.39 is 0 Å². The van der Waals surface area contributed by atoms with E-state index in [1.165, 1.54) is 19.3 Å². The third kappa shape index (κ3) is 3.88. The largest absolute Gasteiger partial charge is 0.467 e. The SMILES string of the molecule is O=C(C1CCCCC1)N(Cc1ccco1)C[C@H]1CCCO1. The normalized spacial score (nSPS) is 23.3. The van der Waals surface area contributed by atoms with E-state index in [-0.39, 0.29) is 12.0 Å². The van der Waals surface area contributed by atoms with Crippen molar-refractivity contribution in [3.05, 3.63) is 24.2 Å². The van der Waals surface area contributed by atoms with Crippen LogP contribution >= 0.6 is 0 Å². The predicted octanol–water partition coefficient (Wildman–Crippen LogP) is 3.37. The van der Waals surface area contributed by atoms with E-state index in [1.54, 1.807) is 6.26 Å². The minimum absolute atomic E-state index is 0.201. The molecule has 0 bridgehead atoms. The summed E-state index contributed by atoms with van der Waals surface area (Å²) in [5, 5.41) is 0. The van der Waals surface area contributed by atoms with Gasteiger partial charge in [-0.1, -0.05) is 19.3 Å². The summed E-state index contributed by atoms with van der Waals surface area (Å²) in [6.07, 6.45) is 9.77. The van der Waals surface area contributed by atoms with Crippen LogP contribution in [-0.4, -0.2) is 30.1 Å². The zero-order valence-corrected chi connectivity index (χ0v) is 12.6. The van der Waals surface area contributed by atoms with Crippen LogP contribution in [0.1, 0.15) is 50.7 Å². The Labute approximate surface area is 126 Å². The average molecular weight is 291 g/mol. The van der Waals surface area contributed by atoms with Crippen molar-refractivity contribution in [2.24, 2.45) is 5.92 Å². The summed E-state index contributed by atoms with van der Waals surface area (Å²) in [6.45, 7) is 2.11. The van der Waals surface area contributed by atoms with Crippen molar-refractivity contribution in [2.45, 2.75) is 57.6 Å². The molecule has 1 aliphatic heterocycles. The highest BCUT2D eigenvalue weighted by Crippen LogP contribution is 2.27. The second-order valence-corrected chi connectivity index (χ2v) is 6.27. The second kappa shape index (κ2) is 7.12. The molecule has 4 heteroatoms. The van der Waals surface area contributed by atoms with Gasteiger partial charge in [-0.05, 0) is 37.8 Å². The van der Waals surface area contributed by atoms with Gasteiger partial charge in [-0.3, -0.25) is 4.79 Å². The monoisotopic (exact) mass is 291 g/mol. The molecule has 1 saturated carbocycles. The Hall–Kier alpha value is -1.29. The second-order valence-electron chi connectivity index (χ2n) is 6.27. The van der Waals surface area contributed by atoms with Gasteiger partial charge in [-0.25, -0.2) is 0 Å². The molecule has 1 atom stereocenters. The highest BCUT2D eigenvalue weighted by molar-refractivity contribution is 5.78. The lowest BCUT2D eigenvalue weighted by atomic mass is 9.88. The molecule has 1 amide bonds. The number of rotatable bonds is 5. The van der Waals surface area contributed by atoms with Gasteiger partial charge in [0.05, 0.1) is 18.9 Å². The molecule has 2 heterocycles. The Bertz CT molecular complexity index is 431. The Morgan fingerprint density at radius 1 is 1.19 bits per heavy atom. The highest BCUT2D eigenvalue weighted by atomic mass is 16.5. The minimum Gasteiger partial charge on any atom is -0.467 e. The summed E-state index contributed by atoms with van der Waals surface area (Å²) in [5.41, 5.74) is 0. The molecule has 1 aromatic heterocycles. The van der Waals surface area contributed by atoms with Gasteiger partial charge >= 0.3 is 0 Å². The lowest BCUT2D eigenvalue weighted by molar-refractivity contribution is -0.139. The molecule has 0 N–H and O–H groups in total. The van der Waals surface area contributed by atoms with Gasteiger partial charge in [-0.15, -0.1) is 0 Å². The fraction of sp³-hybridized carbons (Fsp3) is 0.706. The van der Waals surface area contributed by atoms with Gasteiger partial charge in [0.2, 0.25) is 5.91 Å². The van der Waals surface area contributed by atoms with Crippen LogP contribution in [0, 0.1) is 5.92 Å². The molecule has 116 valence electrons. The van der Waals surface area contributed by atoms with Crippen LogP contribution < -0.4 is 0 Å². The standard InChI is InChI=1S/C17H25NO3/c19-17(14-6-2-1-3-7-14)18(12-15-8-4-10-20-15)13-16-9-5-11-21-16/h4,8,10,14,16H,1-3,5-7,9,11-13H2/t16-/m1/s1. The van der Waals surface area contributed by atoms with Crippen molar-refractivity contribution in [2.75, 3.05) is 13.2 Å². The van der Waals surface area contributed by atoms with Crippen molar-refractivity contribution >= 4 is 5.91 Å². The molecule has 3 rings (SSSR count). The number of hydrogen-bond acceptors (Lipinski definition) is 3. The Balaban J connectivity index is 1.65. The zero-order chi connectivity index (χ0) is 14.5. The summed E-state index contributed by atoms with van der Waals surface area (Å²) in [4.78, 5) is 14.8. The summed E-state index contributed by atoms with van der Waals surface area (Å²) in [7, 11) is 0. The third-order valence-corrected chi connectivity index (χ3v) is 4.64. The molecule has 21 heavy (non-hydrogen) atoms. The predicted molar refractivity (Wildman–Crippen MR) is 79.7 cm³/mol. The fourth-order valence-electron chi connectivity index (χ4n) is 3.46. The average Bonchev–Trinajstić information content (AvgIpc) is 3.20. The van der Waals surface area contributed by atoms with E-state index in [2.05, 4.69) is 0 Å². The number of carbonyl (C=O) groups is 1. The molecule has 2 fully saturated rings. The maximum absolute atomic E-state index is 12.8. The van der Waals surface area contributed by atoms with E-state index in [4.69, 9.17) is 9.15 Å². The molecule has 0 spiro atoms. The first-order chi connectivity index (χ1) is 10.3. The topological polar surface area (TPSA) is 42.7 Å². The number of amides is 1. The van der Waals surface area contributed by atoms with Crippen LogP contribution in [0.2, 0.25) is 0 Å².